The van der Waals surface area contributed by atoms with Crippen LogP contribution in [0.15, 0.2) is 18.7 Å². The summed E-state index contributed by atoms with van der Waals surface area (Å²) in [5.74, 6) is 0.719. The number of halogens is 1. The molecular weight excluding hydrogens is 266 g/mol. The van der Waals surface area contributed by atoms with Gasteiger partial charge in [-0.15, -0.1) is 0 Å². The fourth-order valence-electron chi connectivity index (χ4n) is 1.97. The molecule has 0 bridgehead atoms. The molecule has 0 saturated heterocycles. The standard InChI is InChI=1S/C11H12ClN7/c1-18(4-7-3-15-19(2)5-7)10-8-9(14-6-13-8)16-11(12)17-10/h3,5-6H,4H2,1-2H3,(H,13,14,16,17). The van der Waals surface area contributed by atoms with Gasteiger partial charge in [0.05, 0.1) is 12.5 Å². The first-order chi connectivity index (χ1) is 9.13. The summed E-state index contributed by atoms with van der Waals surface area (Å²) in [4.78, 5) is 17.4. The molecule has 8 heteroatoms. The van der Waals surface area contributed by atoms with Crippen molar-refractivity contribution in [2.75, 3.05) is 11.9 Å². The van der Waals surface area contributed by atoms with Gasteiger partial charge in [-0.05, 0) is 11.6 Å². The lowest BCUT2D eigenvalue weighted by Gasteiger charge is -2.17. The summed E-state index contributed by atoms with van der Waals surface area (Å²) in [5.41, 5.74) is 2.43. The van der Waals surface area contributed by atoms with E-state index in [4.69, 9.17) is 11.6 Å². The van der Waals surface area contributed by atoms with Gasteiger partial charge in [-0.3, -0.25) is 4.68 Å². The van der Waals surface area contributed by atoms with E-state index in [1.54, 1.807) is 11.0 Å². The minimum Gasteiger partial charge on any atom is -0.353 e. The van der Waals surface area contributed by atoms with Crippen LogP contribution in [0.25, 0.3) is 11.2 Å². The Morgan fingerprint density at radius 2 is 2.26 bits per heavy atom. The van der Waals surface area contributed by atoms with E-state index in [1.165, 1.54) is 0 Å². The topological polar surface area (TPSA) is 75.5 Å². The van der Waals surface area contributed by atoms with Crippen molar-refractivity contribution in [3.05, 3.63) is 29.6 Å². The zero-order valence-corrected chi connectivity index (χ0v) is 11.3. The van der Waals surface area contributed by atoms with Crippen LogP contribution in [0.2, 0.25) is 5.28 Å². The number of aromatic nitrogens is 6. The van der Waals surface area contributed by atoms with E-state index in [1.807, 2.05) is 31.4 Å². The first-order valence-electron chi connectivity index (χ1n) is 5.69. The average Bonchev–Trinajstić information content (AvgIpc) is 2.96. The Morgan fingerprint density at radius 3 is 3.00 bits per heavy atom. The van der Waals surface area contributed by atoms with Gasteiger partial charge in [0.15, 0.2) is 11.5 Å². The number of aryl methyl sites for hydroxylation is 1. The van der Waals surface area contributed by atoms with Crippen molar-refractivity contribution < 1.29 is 0 Å². The van der Waals surface area contributed by atoms with Gasteiger partial charge in [0.1, 0.15) is 5.52 Å². The van der Waals surface area contributed by atoms with E-state index in [-0.39, 0.29) is 5.28 Å². The second-order valence-electron chi connectivity index (χ2n) is 4.30. The van der Waals surface area contributed by atoms with Crippen LogP contribution in [0.3, 0.4) is 0 Å². The lowest BCUT2D eigenvalue weighted by atomic mass is 10.3. The summed E-state index contributed by atoms with van der Waals surface area (Å²) in [5, 5.41) is 4.33. The van der Waals surface area contributed by atoms with E-state index >= 15 is 0 Å². The lowest BCUT2D eigenvalue weighted by molar-refractivity contribution is 0.766. The van der Waals surface area contributed by atoms with Gasteiger partial charge in [0.25, 0.3) is 0 Å². The Hall–Kier alpha value is -2.15. The molecule has 0 atom stereocenters. The molecule has 0 aliphatic carbocycles. The highest BCUT2D eigenvalue weighted by molar-refractivity contribution is 6.28. The quantitative estimate of drug-likeness (QED) is 0.732. The first kappa shape index (κ1) is 11.9. The maximum absolute atomic E-state index is 5.91. The molecule has 3 heterocycles. The fourth-order valence-corrected chi connectivity index (χ4v) is 2.13. The van der Waals surface area contributed by atoms with Crippen LogP contribution >= 0.6 is 11.6 Å². The Kier molecular flexibility index (Phi) is 2.83. The van der Waals surface area contributed by atoms with Gasteiger partial charge < -0.3 is 9.88 Å². The summed E-state index contributed by atoms with van der Waals surface area (Å²) in [7, 11) is 3.82. The molecule has 0 aliphatic rings. The molecule has 3 aromatic rings. The lowest BCUT2D eigenvalue weighted by Crippen LogP contribution is -2.18. The summed E-state index contributed by atoms with van der Waals surface area (Å²) in [6.45, 7) is 0.676. The number of hydrogen-bond acceptors (Lipinski definition) is 5. The van der Waals surface area contributed by atoms with Crippen molar-refractivity contribution in [2.24, 2.45) is 7.05 Å². The molecule has 0 fully saturated rings. The van der Waals surface area contributed by atoms with E-state index in [0.29, 0.717) is 12.2 Å². The normalized spacial score (nSPS) is 11.1. The number of fused-ring (bicyclic) bond motifs is 1. The molecule has 0 saturated carbocycles. The smallest absolute Gasteiger partial charge is 0.226 e. The summed E-state index contributed by atoms with van der Waals surface area (Å²) in [6.07, 6.45) is 5.37. The Morgan fingerprint density at radius 1 is 1.42 bits per heavy atom. The largest absolute Gasteiger partial charge is 0.353 e. The molecular formula is C11H12ClN7. The van der Waals surface area contributed by atoms with Gasteiger partial charge in [0.2, 0.25) is 5.28 Å². The number of nitrogens with zero attached hydrogens (tertiary/aromatic N) is 6. The summed E-state index contributed by atoms with van der Waals surface area (Å²) >= 11 is 5.91. The van der Waals surface area contributed by atoms with E-state index in [2.05, 4.69) is 25.0 Å². The van der Waals surface area contributed by atoms with Gasteiger partial charge in [-0.2, -0.15) is 15.1 Å². The van der Waals surface area contributed by atoms with Crippen LogP contribution in [0, 0.1) is 0 Å². The second kappa shape index (κ2) is 4.51. The molecule has 1 N–H and O–H groups in total. The minimum absolute atomic E-state index is 0.188. The van der Waals surface area contributed by atoms with Crippen LogP contribution in [0.1, 0.15) is 5.56 Å². The molecule has 3 aromatic heterocycles. The van der Waals surface area contributed by atoms with Crippen molar-refractivity contribution >= 4 is 28.6 Å². The molecule has 0 spiro atoms. The number of rotatable bonds is 3. The van der Waals surface area contributed by atoms with Crippen LogP contribution in [0.4, 0.5) is 5.82 Å². The van der Waals surface area contributed by atoms with Crippen LogP contribution < -0.4 is 4.90 Å². The number of nitrogens with one attached hydrogen (secondary N) is 1. The number of imidazole rings is 1. The SMILES string of the molecule is CN(Cc1cnn(C)c1)c1nc(Cl)nc2nc[nH]c12. The highest BCUT2D eigenvalue weighted by Gasteiger charge is 2.13. The predicted molar refractivity (Wildman–Crippen MR) is 72.0 cm³/mol. The highest BCUT2D eigenvalue weighted by Crippen LogP contribution is 2.22. The van der Waals surface area contributed by atoms with E-state index in [9.17, 15) is 0 Å². The Labute approximate surface area is 114 Å². The van der Waals surface area contributed by atoms with Crippen molar-refractivity contribution in [1.29, 1.82) is 0 Å². The molecule has 0 radical (unpaired) electrons. The third-order valence-electron chi connectivity index (χ3n) is 2.78. The van der Waals surface area contributed by atoms with E-state index in [0.717, 1.165) is 16.9 Å². The number of aromatic amines is 1. The summed E-state index contributed by atoms with van der Waals surface area (Å²) < 4.78 is 1.77. The van der Waals surface area contributed by atoms with E-state index < -0.39 is 0 Å². The molecule has 0 unspecified atom stereocenters. The van der Waals surface area contributed by atoms with Crippen LogP contribution in [0.5, 0.6) is 0 Å². The first-order valence-corrected chi connectivity index (χ1v) is 6.06. The van der Waals surface area contributed by atoms with Gasteiger partial charge in [0, 0.05) is 32.4 Å². The molecule has 0 aromatic carbocycles. The van der Waals surface area contributed by atoms with Gasteiger partial charge in [-0.25, -0.2) is 4.98 Å². The van der Waals surface area contributed by atoms with Crippen molar-refractivity contribution in [2.45, 2.75) is 6.54 Å². The van der Waals surface area contributed by atoms with Gasteiger partial charge in [-0.1, -0.05) is 0 Å². The van der Waals surface area contributed by atoms with Crippen molar-refractivity contribution in [3.8, 4) is 0 Å². The van der Waals surface area contributed by atoms with Crippen LogP contribution in [-0.2, 0) is 13.6 Å². The molecule has 98 valence electrons. The monoisotopic (exact) mass is 277 g/mol. The number of anilines is 1. The molecule has 19 heavy (non-hydrogen) atoms. The van der Waals surface area contributed by atoms with Crippen molar-refractivity contribution in [1.82, 2.24) is 29.7 Å². The second-order valence-corrected chi connectivity index (χ2v) is 4.63. The summed E-state index contributed by atoms with van der Waals surface area (Å²) in [6, 6.07) is 0. The third kappa shape index (κ3) is 2.24. The van der Waals surface area contributed by atoms with Crippen molar-refractivity contribution in [3.63, 3.8) is 0 Å². The number of H-pyrrole nitrogens is 1. The predicted octanol–water partition coefficient (Wildman–Crippen LogP) is 1.38. The zero-order valence-electron chi connectivity index (χ0n) is 10.5. The maximum Gasteiger partial charge on any atom is 0.226 e. The Balaban J connectivity index is 1.96. The average molecular weight is 278 g/mol. The molecule has 0 aliphatic heterocycles. The Bertz CT molecular complexity index is 717. The zero-order chi connectivity index (χ0) is 13.4. The minimum atomic E-state index is 0.188. The number of hydrogen-bond donors (Lipinski definition) is 1. The maximum atomic E-state index is 5.91. The van der Waals surface area contributed by atoms with Crippen LogP contribution in [-0.4, -0.2) is 36.8 Å². The fraction of sp³-hybridized carbons (Fsp3) is 0.273. The third-order valence-corrected chi connectivity index (χ3v) is 2.95. The van der Waals surface area contributed by atoms with Gasteiger partial charge >= 0.3 is 0 Å². The highest BCUT2D eigenvalue weighted by atomic mass is 35.5. The molecule has 0 amide bonds. The molecule has 3 rings (SSSR count). The molecule has 7 nitrogen and oxygen atoms in total.